The van der Waals surface area contributed by atoms with Crippen LogP contribution in [0.5, 0.6) is 0 Å². The molecule has 14 atom stereocenters. The average Bonchev–Trinajstić information content (AvgIpc) is 0.813. The van der Waals surface area contributed by atoms with Gasteiger partial charge >= 0.3 is 0 Å². The quantitative estimate of drug-likeness (QED) is 0.0492. The molecule has 0 aliphatic carbocycles. The summed E-state index contributed by atoms with van der Waals surface area (Å²) >= 11 is 1.14. The van der Waals surface area contributed by atoms with Crippen LogP contribution >= 0.6 is 11.8 Å². The van der Waals surface area contributed by atoms with Crippen molar-refractivity contribution in [1.29, 1.82) is 0 Å². The van der Waals surface area contributed by atoms with Gasteiger partial charge in [-0.05, 0) is 139 Å². The highest BCUT2D eigenvalue weighted by atomic mass is 32.2. The number of carbonyl (C=O) groups is 12. The Labute approximate surface area is 622 Å². The molecule has 2 saturated heterocycles. The van der Waals surface area contributed by atoms with Crippen LogP contribution in [0.15, 0.2) is 0 Å². The number of ether oxygens (including phenoxy) is 2. The van der Waals surface area contributed by atoms with Crippen molar-refractivity contribution in [3.8, 4) is 0 Å². The van der Waals surface area contributed by atoms with Crippen molar-refractivity contribution in [2.75, 3.05) is 68.3 Å². The maximum atomic E-state index is 15.6. The summed E-state index contributed by atoms with van der Waals surface area (Å²) in [6.07, 6.45) is 7.55. The Kier molecular flexibility index (Phi) is 41.2. The van der Waals surface area contributed by atoms with E-state index < -0.39 is 155 Å². The van der Waals surface area contributed by atoms with Gasteiger partial charge in [-0.2, -0.15) is 0 Å². The third-order valence-corrected chi connectivity index (χ3v) is 21.3. The Hall–Kier alpha value is -5.93. The van der Waals surface area contributed by atoms with Gasteiger partial charge in [0.2, 0.25) is 59.1 Å². The molecule has 0 bridgehead atoms. The average molecular weight is 1480 g/mol. The molecule has 103 heavy (non-hydrogen) atoms. The van der Waals surface area contributed by atoms with E-state index in [9.17, 15) is 29.1 Å². The van der Waals surface area contributed by atoms with Crippen LogP contribution in [0.1, 0.15) is 227 Å². The molecule has 2 fully saturated rings. The van der Waals surface area contributed by atoms with E-state index in [1.54, 1.807) is 48.5 Å². The van der Waals surface area contributed by atoms with Gasteiger partial charge in [-0.3, -0.25) is 52.7 Å². The highest BCUT2D eigenvalue weighted by Gasteiger charge is 2.47. The number of rotatable bonds is 28. The number of amides is 11. The van der Waals surface area contributed by atoms with Gasteiger partial charge in [0.15, 0.2) is 11.7 Å². The molecular formula is C76H137N11O15S. The summed E-state index contributed by atoms with van der Waals surface area (Å²) in [5, 5.41) is 22.6. The van der Waals surface area contributed by atoms with E-state index in [1.807, 2.05) is 55.4 Å². The molecule has 2 aliphatic heterocycles. The minimum Gasteiger partial charge on any atom is -0.390 e. The number of nitrogens with zero attached hydrogens (tertiary/aromatic N) is 7. The zero-order valence-electron chi connectivity index (χ0n) is 67.4. The summed E-state index contributed by atoms with van der Waals surface area (Å²) in [4.78, 5) is 186. The number of thioether (sulfide) groups is 1. The lowest BCUT2D eigenvalue weighted by atomic mass is 9.90. The fourth-order valence-corrected chi connectivity index (χ4v) is 14.6. The third kappa shape index (κ3) is 29.0. The Bertz CT molecular complexity index is 2750. The highest BCUT2D eigenvalue weighted by Crippen LogP contribution is 2.29. The van der Waals surface area contributed by atoms with Crippen LogP contribution in [-0.4, -0.2) is 257 Å². The summed E-state index contributed by atoms with van der Waals surface area (Å²) in [5.74, 6) is -9.56. The lowest BCUT2D eigenvalue weighted by Crippen LogP contribution is -2.64. The van der Waals surface area contributed by atoms with Crippen LogP contribution in [0.2, 0.25) is 0 Å². The molecule has 27 heteroatoms. The largest absolute Gasteiger partial charge is 0.390 e. The molecule has 2 aliphatic rings. The van der Waals surface area contributed by atoms with Crippen LogP contribution in [0.4, 0.5) is 0 Å². The first-order valence-corrected chi connectivity index (χ1v) is 39.2. The lowest BCUT2D eigenvalue weighted by Gasteiger charge is -2.41. The predicted molar refractivity (Wildman–Crippen MR) is 402 cm³/mol. The Balaban J connectivity index is 3.09. The van der Waals surface area contributed by atoms with Gasteiger partial charge in [-0.1, -0.05) is 129 Å². The smallest absolute Gasteiger partial charge is 0.256 e. The summed E-state index contributed by atoms with van der Waals surface area (Å²) < 4.78 is 11.8. The van der Waals surface area contributed by atoms with Gasteiger partial charge < -0.3 is 74.9 Å². The summed E-state index contributed by atoms with van der Waals surface area (Å²) in [5.41, 5.74) is 0. The van der Waals surface area contributed by atoms with E-state index >= 15 is 33.6 Å². The minimum atomic E-state index is -1.65. The number of nitrogens with one attached hydrogen (secondary N) is 4. The van der Waals surface area contributed by atoms with Gasteiger partial charge in [0, 0.05) is 62.4 Å². The monoisotopic (exact) mass is 1480 g/mol. The number of unbranched alkanes of at least 4 members (excludes halogenated alkanes) is 5. The van der Waals surface area contributed by atoms with Crippen molar-refractivity contribution in [3.63, 3.8) is 0 Å². The topological polar surface area (TPSA) is 314 Å². The van der Waals surface area contributed by atoms with Crippen LogP contribution < -0.4 is 21.3 Å². The second kappa shape index (κ2) is 45.5. The second-order valence-corrected chi connectivity index (χ2v) is 32.8. The number of aliphatic hydroxyl groups excluding tert-OH is 1. The fraction of sp³-hybridized carbons (Fsp3) is 0.842. The van der Waals surface area contributed by atoms with Crippen LogP contribution in [0, 0.1) is 41.4 Å². The van der Waals surface area contributed by atoms with Gasteiger partial charge in [-0.25, -0.2) is 0 Å². The first-order valence-electron chi connectivity index (χ1n) is 38.2. The van der Waals surface area contributed by atoms with E-state index in [-0.39, 0.29) is 80.2 Å². The molecule has 592 valence electrons. The zero-order valence-corrected chi connectivity index (χ0v) is 68.2. The van der Waals surface area contributed by atoms with Crippen molar-refractivity contribution in [2.45, 2.75) is 305 Å². The Morgan fingerprint density at radius 3 is 1.46 bits per heavy atom. The fourth-order valence-electron chi connectivity index (χ4n) is 13.4. The van der Waals surface area contributed by atoms with Crippen molar-refractivity contribution in [1.82, 2.24) is 55.6 Å². The third-order valence-electron chi connectivity index (χ3n) is 19.9. The molecule has 2 rings (SSSR count). The van der Waals surface area contributed by atoms with Gasteiger partial charge in [0.1, 0.15) is 66.2 Å². The molecule has 1 unspecified atom stereocenters. The van der Waals surface area contributed by atoms with Crippen molar-refractivity contribution in [3.05, 3.63) is 0 Å². The molecule has 11 amide bonds. The molecule has 5 N–H and O–H groups in total. The SMILES string of the molecule is CC[C@@H]1NC(=O)[C@H]([C@H](O)[C@H](C)CCCCCCCCC(C)=O)N(C)C(=O)[C@H](C(C)C)N(C)C(=O)[C@H](CC(C)C)N(C)C(=O)[C@H](CC(C)C)N(C)C(=O)[C@@H](C)NC(=O)[C@H](C)NC(=O)[C@H](CC(C)C)N(C)C(=O)[C@H](C(C)C)NC(=O)[C@H](CC(C)C)N(C)C(=O)[C@@H](SCCCOC2CCCCO2)N(C)C1=O. The van der Waals surface area contributed by atoms with Crippen molar-refractivity contribution in [2.24, 2.45) is 41.4 Å². The maximum absolute atomic E-state index is 15.6. The first kappa shape index (κ1) is 93.2. The zero-order chi connectivity index (χ0) is 78.6. The van der Waals surface area contributed by atoms with Crippen LogP contribution in [0.3, 0.4) is 0 Å². The summed E-state index contributed by atoms with van der Waals surface area (Å²) in [6, 6.07) is -12.7. The number of likely N-dealkylation sites (N-methyl/N-ethyl adjacent to an activating group) is 7. The van der Waals surface area contributed by atoms with Crippen molar-refractivity contribution >= 4 is 82.5 Å². The van der Waals surface area contributed by atoms with E-state index in [0.717, 1.165) is 68.0 Å². The van der Waals surface area contributed by atoms with Crippen molar-refractivity contribution < 1.29 is 72.1 Å². The number of hydrogen-bond donors (Lipinski definition) is 5. The molecular weight excluding hydrogens is 1340 g/mol. The molecule has 0 spiro atoms. The highest BCUT2D eigenvalue weighted by molar-refractivity contribution is 8.00. The Morgan fingerprint density at radius 1 is 0.495 bits per heavy atom. The van der Waals surface area contributed by atoms with Crippen LogP contribution in [-0.2, 0) is 67.0 Å². The summed E-state index contributed by atoms with van der Waals surface area (Å²) in [7, 11) is 10.1. The normalized spacial score (nSPS) is 26.5. The standard InChI is InChI=1S/C76H137N11O15S/c1-25-55-70(95)87(24)76(103-40-34-39-102-60-37-32-33-38-101-60)75(100)82(19)57(42-46(4)5)67(92)80-61(49(10)11)73(98)81(18)56(41-45(2)3)66(91)77-53(16)65(90)78-54(17)69(94)83(20)58(43-47(6)7)71(96)84(21)59(44-48(8)9)72(97)85(22)62(50(12)13)74(99)86(23)63(68(93)79-55)64(89)51(14)35-30-28-26-27-29-31-36-52(15)88/h45-51,53-64,76,89H,25-44H2,1-24H3,(H,77,91)(H,78,90)(H,79,93)(H,80,92)/t51-,53+,54-,55+,56+,57+,58+,59+,60?,61+,62+,63+,64-,76-/m1/s1. The van der Waals surface area contributed by atoms with Crippen LogP contribution in [0.25, 0.3) is 0 Å². The molecule has 26 nitrogen and oxygen atoms in total. The van der Waals surface area contributed by atoms with Gasteiger partial charge in [-0.15, -0.1) is 11.8 Å². The number of carbonyl (C=O) groups excluding carboxylic acids is 12. The molecule has 0 aromatic heterocycles. The number of hydrogen-bond acceptors (Lipinski definition) is 16. The molecule has 0 aromatic rings. The molecule has 2 heterocycles. The molecule has 0 aromatic carbocycles. The second-order valence-electron chi connectivity index (χ2n) is 31.6. The van der Waals surface area contributed by atoms with E-state index in [2.05, 4.69) is 21.3 Å². The summed E-state index contributed by atoms with van der Waals surface area (Å²) in [6.45, 7) is 30.7. The van der Waals surface area contributed by atoms with E-state index in [4.69, 9.17) is 9.47 Å². The maximum Gasteiger partial charge on any atom is 0.256 e. The number of Topliss-reactive ketones (excluding diaryl/α,β-unsaturated/α-hetero) is 1. The predicted octanol–water partition coefficient (Wildman–Crippen LogP) is 7.01. The Morgan fingerprint density at radius 2 is 0.961 bits per heavy atom. The van der Waals surface area contributed by atoms with Gasteiger partial charge in [0.25, 0.3) is 5.91 Å². The molecule has 0 saturated carbocycles. The van der Waals surface area contributed by atoms with Gasteiger partial charge in [0.05, 0.1) is 12.7 Å². The molecule has 0 radical (unpaired) electrons. The first-order chi connectivity index (χ1) is 48.0. The number of ketones is 1. The number of aliphatic hydroxyl groups is 1. The minimum absolute atomic E-state index is 0.0183. The van der Waals surface area contributed by atoms with E-state index in [0.29, 0.717) is 32.3 Å². The lowest BCUT2D eigenvalue weighted by molar-refractivity contribution is -0.162. The van der Waals surface area contributed by atoms with E-state index in [1.165, 1.54) is 92.6 Å².